The van der Waals surface area contributed by atoms with Crippen LogP contribution in [0.3, 0.4) is 0 Å². The Kier molecular flexibility index (Phi) is 4.36. The molecule has 0 radical (unpaired) electrons. The molecule has 0 spiro atoms. The van der Waals surface area contributed by atoms with Gasteiger partial charge < -0.3 is 10.1 Å². The molecule has 1 aliphatic heterocycles. The van der Waals surface area contributed by atoms with Crippen molar-refractivity contribution < 1.29 is 22.7 Å². The van der Waals surface area contributed by atoms with Crippen LogP contribution in [0.4, 0.5) is 13.2 Å². The van der Waals surface area contributed by atoms with Gasteiger partial charge in [-0.15, -0.1) is 13.2 Å². The fourth-order valence-corrected chi connectivity index (χ4v) is 2.72. The van der Waals surface area contributed by atoms with Gasteiger partial charge in [0, 0.05) is 23.6 Å². The summed E-state index contributed by atoms with van der Waals surface area (Å²) in [5.74, 6) is 0.978. The SMILES string of the molecule is O=C(c1cccc(OC(F)(F)F)c1)C1CSCCN1. The van der Waals surface area contributed by atoms with Crippen molar-refractivity contribution in [1.82, 2.24) is 5.32 Å². The highest BCUT2D eigenvalue weighted by molar-refractivity contribution is 7.99. The standard InChI is InChI=1S/C12H12F3NO2S/c13-12(14,15)18-9-3-1-2-8(6-9)11(17)10-7-19-5-4-16-10/h1-3,6,10,16H,4-5,7H2. The van der Waals surface area contributed by atoms with Crippen LogP contribution < -0.4 is 10.1 Å². The van der Waals surface area contributed by atoms with Crippen LogP contribution in [0.5, 0.6) is 5.75 Å². The largest absolute Gasteiger partial charge is 0.573 e. The Balaban J connectivity index is 2.11. The van der Waals surface area contributed by atoms with Crippen LogP contribution in [0, 0.1) is 0 Å². The zero-order valence-electron chi connectivity index (χ0n) is 9.87. The van der Waals surface area contributed by atoms with Gasteiger partial charge in [0.25, 0.3) is 0 Å². The third-order valence-corrected chi connectivity index (χ3v) is 3.65. The number of Topliss-reactive ketones (excluding diaryl/α,β-unsaturated/α-hetero) is 1. The van der Waals surface area contributed by atoms with Crippen LogP contribution in [-0.2, 0) is 0 Å². The zero-order valence-corrected chi connectivity index (χ0v) is 10.7. The van der Waals surface area contributed by atoms with E-state index >= 15 is 0 Å². The Labute approximate surface area is 112 Å². The number of alkyl halides is 3. The molecule has 1 heterocycles. The number of thioether (sulfide) groups is 1. The summed E-state index contributed by atoms with van der Waals surface area (Å²) in [5.41, 5.74) is 0.224. The Morgan fingerprint density at radius 3 is 2.84 bits per heavy atom. The average Bonchev–Trinajstić information content (AvgIpc) is 2.37. The molecule has 1 aromatic carbocycles. The lowest BCUT2D eigenvalue weighted by atomic mass is 10.1. The predicted molar refractivity (Wildman–Crippen MR) is 66.6 cm³/mol. The number of nitrogens with one attached hydrogen (secondary N) is 1. The van der Waals surface area contributed by atoms with Gasteiger partial charge in [-0.05, 0) is 12.1 Å². The van der Waals surface area contributed by atoms with Crippen LogP contribution in [0.15, 0.2) is 24.3 Å². The van der Waals surface area contributed by atoms with E-state index in [9.17, 15) is 18.0 Å². The molecule has 0 saturated carbocycles. The molecule has 1 aromatic rings. The Bertz CT molecular complexity index is 459. The first-order valence-corrected chi connectivity index (χ1v) is 6.82. The van der Waals surface area contributed by atoms with E-state index in [1.54, 1.807) is 11.8 Å². The molecule has 0 amide bonds. The van der Waals surface area contributed by atoms with Crippen molar-refractivity contribution in [2.45, 2.75) is 12.4 Å². The molecule has 1 N–H and O–H groups in total. The number of ether oxygens (including phenoxy) is 1. The molecule has 0 bridgehead atoms. The third-order valence-electron chi connectivity index (χ3n) is 2.59. The fourth-order valence-electron chi connectivity index (χ4n) is 1.78. The maximum Gasteiger partial charge on any atom is 0.573 e. The second kappa shape index (κ2) is 5.83. The van der Waals surface area contributed by atoms with Crippen molar-refractivity contribution >= 4 is 17.5 Å². The van der Waals surface area contributed by atoms with E-state index in [1.807, 2.05) is 0 Å². The van der Waals surface area contributed by atoms with Crippen molar-refractivity contribution in [2.24, 2.45) is 0 Å². The lowest BCUT2D eigenvalue weighted by Crippen LogP contribution is -2.43. The first kappa shape index (κ1) is 14.2. The molecule has 0 aromatic heterocycles. The van der Waals surface area contributed by atoms with Gasteiger partial charge in [0.15, 0.2) is 5.78 Å². The van der Waals surface area contributed by atoms with Crippen LogP contribution in [0.2, 0.25) is 0 Å². The summed E-state index contributed by atoms with van der Waals surface area (Å²) in [5, 5.41) is 3.05. The molecule has 0 aliphatic carbocycles. The normalized spacial score (nSPS) is 20.1. The minimum Gasteiger partial charge on any atom is -0.406 e. The van der Waals surface area contributed by atoms with Gasteiger partial charge >= 0.3 is 6.36 Å². The summed E-state index contributed by atoms with van der Waals surface area (Å²) in [6.07, 6.45) is -4.75. The molecule has 1 atom stereocenters. The maximum absolute atomic E-state index is 12.1. The molecule has 19 heavy (non-hydrogen) atoms. The smallest absolute Gasteiger partial charge is 0.406 e. The van der Waals surface area contributed by atoms with Gasteiger partial charge in [0.2, 0.25) is 0 Å². The summed E-state index contributed by atoms with van der Waals surface area (Å²) >= 11 is 1.65. The second-order valence-corrected chi connectivity index (χ2v) is 5.17. The van der Waals surface area contributed by atoms with E-state index in [4.69, 9.17) is 0 Å². The monoisotopic (exact) mass is 291 g/mol. The number of carbonyl (C=O) groups is 1. The van der Waals surface area contributed by atoms with Gasteiger partial charge in [0.1, 0.15) is 5.75 Å². The highest BCUT2D eigenvalue weighted by Crippen LogP contribution is 2.24. The van der Waals surface area contributed by atoms with E-state index < -0.39 is 6.36 Å². The molecule has 104 valence electrons. The van der Waals surface area contributed by atoms with Gasteiger partial charge in [-0.1, -0.05) is 12.1 Å². The van der Waals surface area contributed by atoms with Crippen molar-refractivity contribution in [2.75, 3.05) is 18.1 Å². The number of hydrogen-bond donors (Lipinski definition) is 1. The van der Waals surface area contributed by atoms with Crippen molar-refractivity contribution in [1.29, 1.82) is 0 Å². The first-order valence-electron chi connectivity index (χ1n) is 5.67. The number of rotatable bonds is 3. The van der Waals surface area contributed by atoms with Crippen molar-refractivity contribution in [3.05, 3.63) is 29.8 Å². The van der Waals surface area contributed by atoms with Crippen molar-refractivity contribution in [3.63, 3.8) is 0 Å². The number of benzene rings is 1. The van der Waals surface area contributed by atoms with Gasteiger partial charge in [-0.25, -0.2) is 0 Å². The number of hydrogen-bond acceptors (Lipinski definition) is 4. The summed E-state index contributed by atoms with van der Waals surface area (Å²) in [6.45, 7) is 0.722. The average molecular weight is 291 g/mol. The third kappa shape index (κ3) is 4.14. The van der Waals surface area contributed by atoms with E-state index in [0.717, 1.165) is 18.4 Å². The minimum atomic E-state index is -4.75. The maximum atomic E-state index is 12.1. The molecular formula is C12H12F3NO2S. The Hall–Kier alpha value is -1.21. The molecule has 1 unspecified atom stereocenters. The predicted octanol–water partition coefficient (Wildman–Crippen LogP) is 2.47. The molecule has 3 nitrogen and oxygen atoms in total. The molecule has 1 aliphatic rings. The van der Waals surface area contributed by atoms with Gasteiger partial charge in [0.05, 0.1) is 6.04 Å². The molecule has 1 fully saturated rings. The quantitative estimate of drug-likeness (QED) is 0.868. The summed E-state index contributed by atoms with van der Waals surface area (Å²) < 4.78 is 40.1. The highest BCUT2D eigenvalue weighted by atomic mass is 32.2. The molecule has 7 heteroatoms. The number of carbonyl (C=O) groups excluding carboxylic acids is 1. The summed E-state index contributed by atoms with van der Waals surface area (Å²) in [6, 6.07) is 4.82. The first-order chi connectivity index (χ1) is 8.96. The molecule has 2 rings (SSSR count). The zero-order chi connectivity index (χ0) is 13.9. The lowest BCUT2D eigenvalue weighted by molar-refractivity contribution is -0.274. The summed E-state index contributed by atoms with van der Waals surface area (Å²) in [7, 11) is 0. The summed E-state index contributed by atoms with van der Waals surface area (Å²) in [4.78, 5) is 12.1. The second-order valence-electron chi connectivity index (χ2n) is 4.02. The van der Waals surface area contributed by atoms with Gasteiger partial charge in [-0.2, -0.15) is 11.8 Å². The van der Waals surface area contributed by atoms with E-state index in [2.05, 4.69) is 10.1 Å². The van der Waals surface area contributed by atoms with Crippen LogP contribution in [0.1, 0.15) is 10.4 Å². The topological polar surface area (TPSA) is 38.3 Å². The number of halogens is 3. The molecule has 1 saturated heterocycles. The van der Waals surface area contributed by atoms with Gasteiger partial charge in [-0.3, -0.25) is 4.79 Å². The van der Waals surface area contributed by atoms with Crippen molar-refractivity contribution in [3.8, 4) is 5.75 Å². The number of ketones is 1. The minimum absolute atomic E-state index is 0.208. The van der Waals surface area contributed by atoms with Crippen LogP contribution in [-0.4, -0.2) is 36.2 Å². The van der Waals surface area contributed by atoms with Crippen LogP contribution >= 0.6 is 11.8 Å². The molecular weight excluding hydrogens is 279 g/mol. The lowest BCUT2D eigenvalue weighted by Gasteiger charge is -2.22. The highest BCUT2D eigenvalue weighted by Gasteiger charge is 2.31. The Morgan fingerprint density at radius 2 is 2.21 bits per heavy atom. The van der Waals surface area contributed by atoms with E-state index in [-0.39, 0.29) is 23.1 Å². The van der Waals surface area contributed by atoms with Crippen LogP contribution in [0.25, 0.3) is 0 Å². The Morgan fingerprint density at radius 1 is 1.42 bits per heavy atom. The van der Waals surface area contributed by atoms with E-state index in [1.165, 1.54) is 18.2 Å². The fraction of sp³-hybridized carbons (Fsp3) is 0.417. The van der Waals surface area contributed by atoms with E-state index in [0.29, 0.717) is 5.75 Å².